The molecule has 0 bridgehead atoms. The minimum absolute atomic E-state index is 0.157. The van der Waals surface area contributed by atoms with Crippen molar-refractivity contribution in [3.05, 3.63) is 82.2 Å². The summed E-state index contributed by atoms with van der Waals surface area (Å²) in [4.78, 5) is 30.9. The number of anilines is 2. The summed E-state index contributed by atoms with van der Waals surface area (Å²) in [5.74, 6) is 1.04. The fraction of sp³-hybridized carbons (Fsp3) is 0.457. The summed E-state index contributed by atoms with van der Waals surface area (Å²) in [5.41, 5.74) is 7.97. The van der Waals surface area contributed by atoms with Gasteiger partial charge in [-0.05, 0) is 80.8 Å². The van der Waals surface area contributed by atoms with E-state index in [0.29, 0.717) is 32.2 Å². The first kappa shape index (κ1) is 28.8. The lowest BCUT2D eigenvalue weighted by Crippen LogP contribution is -2.49. The predicted octanol–water partition coefficient (Wildman–Crippen LogP) is 5.39. The Bertz CT molecular complexity index is 1600. The maximum absolute atomic E-state index is 13.6. The Balaban J connectivity index is 1.25. The monoisotopic (exact) mass is 596 g/mol. The third-order valence-corrected chi connectivity index (χ3v) is 9.88. The highest BCUT2D eigenvalue weighted by Crippen LogP contribution is 2.42. The van der Waals surface area contributed by atoms with Gasteiger partial charge in [-0.25, -0.2) is 4.39 Å². The summed E-state index contributed by atoms with van der Waals surface area (Å²) in [7, 11) is 2.14. The van der Waals surface area contributed by atoms with Crippen molar-refractivity contribution in [2.24, 2.45) is 0 Å². The van der Waals surface area contributed by atoms with Crippen molar-refractivity contribution < 1.29 is 13.9 Å². The molecule has 4 heterocycles. The highest BCUT2D eigenvalue weighted by atomic mass is 19.1. The molecule has 0 spiro atoms. The van der Waals surface area contributed by atoms with Crippen LogP contribution in [0.15, 0.2) is 48.8 Å². The van der Waals surface area contributed by atoms with Gasteiger partial charge in [0.1, 0.15) is 17.4 Å². The van der Waals surface area contributed by atoms with Crippen LogP contribution in [0.3, 0.4) is 0 Å². The number of halogens is 1. The van der Waals surface area contributed by atoms with Crippen molar-refractivity contribution in [2.75, 3.05) is 56.1 Å². The number of rotatable bonds is 6. The van der Waals surface area contributed by atoms with Gasteiger partial charge in [-0.15, -0.1) is 0 Å². The number of ether oxygens (including phenoxy) is 1. The summed E-state index contributed by atoms with van der Waals surface area (Å²) in [6.07, 6.45) is 6.52. The van der Waals surface area contributed by atoms with Crippen molar-refractivity contribution >= 4 is 17.5 Å². The minimum atomic E-state index is -0.915. The van der Waals surface area contributed by atoms with E-state index in [0.717, 1.165) is 68.3 Å². The molecule has 1 unspecified atom stereocenters. The van der Waals surface area contributed by atoms with Gasteiger partial charge in [-0.1, -0.05) is 36.9 Å². The van der Waals surface area contributed by atoms with Crippen LogP contribution in [0, 0.1) is 0 Å². The largest absolute Gasteiger partial charge is 0.424 e. The number of aryl methyl sites for hydroxylation is 1. The van der Waals surface area contributed by atoms with Crippen LogP contribution in [0.1, 0.15) is 59.2 Å². The molecule has 1 saturated heterocycles. The first-order valence-electron chi connectivity index (χ1n) is 16.0. The number of hydrogen-bond acceptors (Lipinski definition) is 7. The van der Waals surface area contributed by atoms with E-state index in [4.69, 9.17) is 14.7 Å². The number of amides is 1. The molecule has 3 aliphatic heterocycles. The molecule has 4 aliphatic rings. The molecule has 1 atom stereocenters. The fourth-order valence-corrected chi connectivity index (χ4v) is 7.50. The second-order valence-electron chi connectivity index (χ2n) is 12.6. The van der Waals surface area contributed by atoms with E-state index in [1.54, 1.807) is 0 Å². The highest BCUT2D eigenvalue weighted by Gasteiger charge is 2.34. The first-order valence-corrected chi connectivity index (χ1v) is 16.0. The number of benzene rings is 2. The van der Waals surface area contributed by atoms with Gasteiger partial charge in [0.05, 0.1) is 6.04 Å². The van der Waals surface area contributed by atoms with E-state index in [1.807, 2.05) is 12.1 Å². The quantitative estimate of drug-likeness (QED) is 0.354. The molecule has 0 radical (unpaired) electrons. The van der Waals surface area contributed by atoms with Crippen LogP contribution >= 0.6 is 0 Å². The van der Waals surface area contributed by atoms with Crippen molar-refractivity contribution in [3.63, 3.8) is 0 Å². The smallest absolute Gasteiger partial charge is 0.325 e. The van der Waals surface area contributed by atoms with Crippen LogP contribution in [-0.2, 0) is 37.0 Å². The Kier molecular flexibility index (Phi) is 7.74. The second kappa shape index (κ2) is 11.8. The van der Waals surface area contributed by atoms with E-state index >= 15 is 0 Å². The molecular weight excluding hydrogens is 555 g/mol. The molecule has 1 amide bonds. The topological polar surface area (TPSA) is 65.0 Å². The molecule has 3 aromatic rings. The Labute approximate surface area is 259 Å². The second-order valence-corrected chi connectivity index (χ2v) is 12.6. The van der Waals surface area contributed by atoms with Gasteiger partial charge in [0.15, 0.2) is 5.83 Å². The van der Waals surface area contributed by atoms with E-state index in [9.17, 15) is 9.18 Å². The third kappa shape index (κ3) is 5.31. The van der Waals surface area contributed by atoms with Gasteiger partial charge < -0.3 is 24.3 Å². The number of nitrogens with zero attached hydrogens (tertiary/aromatic N) is 6. The Morgan fingerprint density at radius 2 is 1.59 bits per heavy atom. The zero-order valence-electron chi connectivity index (χ0n) is 25.8. The normalized spacial score (nSPS) is 18.8. The molecule has 9 heteroatoms. The number of carbonyl (C=O) groups excluding carboxylic acids is 1. The molecule has 8 nitrogen and oxygen atoms in total. The number of aromatic nitrogens is 2. The number of fused-ring (bicyclic) bond motifs is 3. The highest BCUT2D eigenvalue weighted by molar-refractivity contribution is 5.90. The van der Waals surface area contributed by atoms with Crippen LogP contribution < -0.4 is 14.5 Å². The van der Waals surface area contributed by atoms with Gasteiger partial charge in [-0.2, -0.15) is 9.97 Å². The van der Waals surface area contributed by atoms with Gasteiger partial charge in [-0.3, -0.25) is 4.79 Å². The zero-order chi connectivity index (χ0) is 30.4. The molecule has 230 valence electrons. The number of carbonyl (C=O) groups is 1. The summed E-state index contributed by atoms with van der Waals surface area (Å²) >= 11 is 0. The van der Waals surface area contributed by atoms with E-state index in [-0.39, 0.29) is 6.04 Å². The fourth-order valence-electron chi connectivity index (χ4n) is 7.50. The summed E-state index contributed by atoms with van der Waals surface area (Å²) < 4.78 is 20.2. The van der Waals surface area contributed by atoms with Gasteiger partial charge in [0.25, 0.3) is 5.91 Å². The molecule has 1 fully saturated rings. The zero-order valence-corrected chi connectivity index (χ0v) is 25.8. The van der Waals surface area contributed by atoms with E-state index in [2.05, 4.69) is 59.5 Å². The molecular formula is C35H41FN6O2. The van der Waals surface area contributed by atoms with Gasteiger partial charge in [0.2, 0.25) is 0 Å². The Hall–Kier alpha value is -3.98. The molecule has 0 saturated carbocycles. The Morgan fingerprint density at radius 1 is 0.864 bits per heavy atom. The van der Waals surface area contributed by atoms with Gasteiger partial charge >= 0.3 is 6.01 Å². The van der Waals surface area contributed by atoms with Crippen molar-refractivity contribution in [1.29, 1.82) is 0 Å². The predicted molar refractivity (Wildman–Crippen MR) is 170 cm³/mol. The lowest BCUT2D eigenvalue weighted by Gasteiger charge is -2.36. The maximum Gasteiger partial charge on any atom is 0.325 e. The van der Waals surface area contributed by atoms with Crippen molar-refractivity contribution in [2.45, 2.75) is 58.0 Å². The summed E-state index contributed by atoms with van der Waals surface area (Å²) in [6.45, 7) is 10.1. The van der Waals surface area contributed by atoms with Crippen LogP contribution in [-0.4, -0.2) is 72.0 Å². The molecule has 1 aliphatic carbocycles. The molecule has 0 N–H and O–H groups in total. The van der Waals surface area contributed by atoms with Crippen molar-refractivity contribution in [3.8, 4) is 11.8 Å². The molecule has 2 aromatic carbocycles. The number of hydrogen-bond donors (Lipinski definition) is 0. The molecule has 7 rings (SSSR count). The molecule has 44 heavy (non-hydrogen) atoms. The summed E-state index contributed by atoms with van der Waals surface area (Å²) in [6, 6.07) is 13.5. The van der Waals surface area contributed by atoms with Crippen LogP contribution in [0.2, 0.25) is 0 Å². The van der Waals surface area contributed by atoms with E-state index in [1.165, 1.54) is 45.6 Å². The lowest BCUT2D eigenvalue weighted by molar-refractivity contribution is -0.128. The van der Waals surface area contributed by atoms with Crippen LogP contribution in [0.4, 0.5) is 16.0 Å². The standard InChI is InChI=1S/C35H41FN6O2/c1-23(36)34(43)41-20-18-40(19-21-41)32-30-15-17-42(24(2)27-12-6-9-25-8-4-5-11-28(25)27)33(30)38-35(37-32)44-31-13-7-10-26-22-39(3)16-14-29(26)31/h6-7,9-10,12-13,24H,1,4-5,8,11,14-22H2,2-3H3. The minimum Gasteiger partial charge on any atom is -0.424 e. The average molecular weight is 597 g/mol. The SMILES string of the molecule is C=C(F)C(=O)N1CCN(c2nc(Oc3cccc4c3CCN(C)C4)nc3c2CCN3C(C)c2cccc3c2CCCC3)CC1. The van der Waals surface area contributed by atoms with Crippen molar-refractivity contribution in [1.82, 2.24) is 19.8 Å². The molecule has 1 aromatic heterocycles. The maximum atomic E-state index is 13.6. The average Bonchev–Trinajstić information content (AvgIpc) is 3.47. The first-order chi connectivity index (χ1) is 21.4. The number of piperazine rings is 1. The van der Waals surface area contributed by atoms with E-state index < -0.39 is 11.7 Å². The van der Waals surface area contributed by atoms with Crippen LogP contribution in [0.5, 0.6) is 11.8 Å². The third-order valence-electron chi connectivity index (χ3n) is 9.88. The van der Waals surface area contributed by atoms with Gasteiger partial charge in [0, 0.05) is 56.9 Å². The lowest BCUT2D eigenvalue weighted by atomic mass is 9.86. The summed E-state index contributed by atoms with van der Waals surface area (Å²) in [5, 5.41) is 0. The number of likely N-dealkylation sites (N-methyl/N-ethyl adjacent to an activating group) is 1. The Morgan fingerprint density at radius 3 is 2.41 bits per heavy atom. The van der Waals surface area contributed by atoms with Crippen LogP contribution in [0.25, 0.3) is 0 Å².